The zero-order valence-electron chi connectivity index (χ0n) is 10.8. The number of carbonyl (C=O) groups is 1. The summed E-state index contributed by atoms with van der Waals surface area (Å²) in [7, 11) is 0. The van der Waals surface area contributed by atoms with Crippen LogP contribution in [-0.2, 0) is 0 Å². The van der Waals surface area contributed by atoms with E-state index >= 15 is 0 Å². The molecule has 0 aliphatic carbocycles. The average Bonchev–Trinajstić information content (AvgIpc) is 3.13. The normalized spacial score (nSPS) is 11.0. The number of anilines is 1. The van der Waals surface area contributed by atoms with E-state index in [2.05, 4.69) is 25.6 Å². The Balaban J connectivity index is 1.68. The van der Waals surface area contributed by atoms with Crippen LogP contribution >= 0.6 is 0 Å². The second-order valence-corrected chi connectivity index (χ2v) is 4.57. The van der Waals surface area contributed by atoms with Crippen LogP contribution in [0.5, 0.6) is 0 Å². The molecule has 7 heteroatoms. The van der Waals surface area contributed by atoms with Gasteiger partial charge in [-0.2, -0.15) is 10.2 Å². The first kappa shape index (κ1) is 11.6. The Bertz CT molecular complexity index is 954. The molecule has 0 radical (unpaired) electrons. The lowest BCUT2D eigenvalue weighted by atomic mass is 10.2. The Morgan fingerprint density at radius 3 is 3.19 bits per heavy atom. The topological polar surface area (TPSA) is 88.0 Å². The number of fused-ring (bicyclic) bond motifs is 2. The molecule has 0 fully saturated rings. The molecule has 21 heavy (non-hydrogen) atoms. The van der Waals surface area contributed by atoms with Gasteiger partial charge in [0.05, 0.1) is 17.9 Å². The van der Waals surface area contributed by atoms with E-state index in [4.69, 9.17) is 0 Å². The van der Waals surface area contributed by atoms with Crippen molar-refractivity contribution in [2.75, 3.05) is 5.32 Å². The van der Waals surface area contributed by atoms with Gasteiger partial charge in [-0.1, -0.05) is 0 Å². The van der Waals surface area contributed by atoms with E-state index < -0.39 is 0 Å². The highest BCUT2D eigenvalue weighted by molar-refractivity contribution is 6.08. The molecule has 4 rings (SSSR count). The Hall–Kier alpha value is -3.22. The van der Waals surface area contributed by atoms with Crippen molar-refractivity contribution in [3.8, 4) is 0 Å². The van der Waals surface area contributed by atoms with Gasteiger partial charge in [-0.3, -0.25) is 9.89 Å². The van der Waals surface area contributed by atoms with Crippen LogP contribution in [0.3, 0.4) is 0 Å². The zero-order valence-corrected chi connectivity index (χ0v) is 10.8. The van der Waals surface area contributed by atoms with Crippen molar-refractivity contribution < 1.29 is 4.79 Å². The van der Waals surface area contributed by atoms with Gasteiger partial charge in [-0.15, -0.1) is 0 Å². The molecule has 0 atom stereocenters. The van der Waals surface area contributed by atoms with Crippen LogP contribution in [0.25, 0.3) is 16.6 Å². The van der Waals surface area contributed by atoms with Gasteiger partial charge in [0.1, 0.15) is 5.56 Å². The first-order chi connectivity index (χ1) is 10.3. The minimum Gasteiger partial charge on any atom is -0.322 e. The third kappa shape index (κ3) is 1.91. The molecule has 1 amide bonds. The van der Waals surface area contributed by atoms with Gasteiger partial charge in [0.15, 0.2) is 5.65 Å². The predicted molar refractivity (Wildman–Crippen MR) is 77.0 cm³/mol. The molecule has 0 saturated carbocycles. The largest absolute Gasteiger partial charge is 0.322 e. The third-order valence-corrected chi connectivity index (χ3v) is 3.22. The van der Waals surface area contributed by atoms with E-state index in [0.717, 1.165) is 10.9 Å². The smallest absolute Gasteiger partial charge is 0.261 e. The molecule has 7 nitrogen and oxygen atoms in total. The number of amides is 1. The van der Waals surface area contributed by atoms with E-state index in [1.54, 1.807) is 29.2 Å². The van der Waals surface area contributed by atoms with Crippen LogP contribution in [0.4, 0.5) is 5.69 Å². The number of hydrogen-bond donors (Lipinski definition) is 2. The molecule has 0 aliphatic rings. The van der Waals surface area contributed by atoms with Crippen LogP contribution in [-0.4, -0.2) is 30.7 Å². The summed E-state index contributed by atoms with van der Waals surface area (Å²) >= 11 is 0. The second kappa shape index (κ2) is 4.41. The number of carbonyl (C=O) groups excluding carboxylic acids is 1. The van der Waals surface area contributed by atoms with Crippen molar-refractivity contribution in [1.82, 2.24) is 24.8 Å². The SMILES string of the molecule is O=C(Nc1ccc2cn[nH]c2c1)c1cnn2cccnc12. The van der Waals surface area contributed by atoms with E-state index in [0.29, 0.717) is 16.9 Å². The fourth-order valence-electron chi connectivity index (χ4n) is 2.20. The number of hydrogen-bond acceptors (Lipinski definition) is 4. The molecule has 102 valence electrons. The molecule has 0 saturated heterocycles. The van der Waals surface area contributed by atoms with Crippen LogP contribution in [0.1, 0.15) is 10.4 Å². The van der Waals surface area contributed by atoms with Gasteiger partial charge in [0.25, 0.3) is 5.91 Å². The van der Waals surface area contributed by atoms with E-state index in [1.165, 1.54) is 6.20 Å². The maximum Gasteiger partial charge on any atom is 0.261 e. The van der Waals surface area contributed by atoms with Crippen molar-refractivity contribution in [3.05, 3.63) is 54.6 Å². The molecule has 0 spiro atoms. The van der Waals surface area contributed by atoms with Crippen LogP contribution < -0.4 is 5.32 Å². The maximum atomic E-state index is 12.3. The Kier molecular flexibility index (Phi) is 2.43. The molecule has 0 aliphatic heterocycles. The molecular weight excluding hydrogens is 268 g/mol. The molecule has 0 bridgehead atoms. The quantitative estimate of drug-likeness (QED) is 0.585. The monoisotopic (exact) mass is 278 g/mol. The predicted octanol–water partition coefficient (Wildman–Crippen LogP) is 1.86. The summed E-state index contributed by atoms with van der Waals surface area (Å²) in [6.07, 6.45) is 6.61. The molecule has 2 N–H and O–H groups in total. The van der Waals surface area contributed by atoms with Gasteiger partial charge in [0, 0.05) is 23.5 Å². The lowest BCUT2D eigenvalue weighted by molar-refractivity contribution is 0.102. The lowest BCUT2D eigenvalue weighted by Gasteiger charge is -2.03. The lowest BCUT2D eigenvalue weighted by Crippen LogP contribution is -2.11. The summed E-state index contributed by atoms with van der Waals surface area (Å²) in [5, 5.41) is 14.7. The molecule has 3 aromatic heterocycles. The molecular formula is C14H10N6O. The summed E-state index contributed by atoms with van der Waals surface area (Å²) in [5.74, 6) is -0.248. The van der Waals surface area contributed by atoms with Crippen molar-refractivity contribution in [1.29, 1.82) is 0 Å². The summed E-state index contributed by atoms with van der Waals surface area (Å²) in [5.41, 5.74) is 2.51. The zero-order chi connectivity index (χ0) is 14.2. The van der Waals surface area contributed by atoms with Crippen molar-refractivity contribution >= 4 is 28.1 Å². The average molecular weight is 278 g/mol. The number of aromatic nitrogens is 5. The first-order valence-corrected chi connectivity index (χ1v) is 6.34. The van der Waals surface area contributed by atoms with Crippen LogP contribution in [0.2, 0.25) is 0 Å². The van der Waals surface area contributed by atoms with Crippen molar-refractivity contribution in [2.45, 2.75) is 0 Å². The Morgan fingerprint density at radius 1 is 1.29 bits per heavy atom. The van der Waals surface area contributed by atoms with Gasteiger partial charge >= 0.3 is 0 Å². The highest BCUT2D eigenvalue weighted by Crippen LogP contribution is 2.18. The van der Waals surface area contributed by atoms with Crippen LogP contribution in [0.15, 0.2) is 49.1 Å². The maximum absolute atomic E-state index is 12.3. The highest BCUT2D eigenvalue weighted by Gasteiger charge is 2.13. The van der Waals surface area contributed by atoms with Gasteiger partial charge in [0.2, 0.25) is 0 Å². The number of benzene rings is 1. The summed E-state index contributed by atoms with van der Waals surface area (Å²) in [6.45, 7) is 0. The van der Waals surface area contributed by atoms with Gasteiger partial charge in [-0.05, 0) is 24.3 Å². The van der Waals surface area contributed by atoms with E-state index in [1.807, 2.05) is 18.2 Å². The highest BCUT2D eigenvalue weighted by atomic mass is 16.1. The van der Waals surface area contributed by atoms with Gasteiger partial charge in [-0.25, -0.2) is 9.50 Å². The Labute approximate surface area is 118 Å². The third-order valence-electron chi connectivity index (χ3n) is 3.22. The van der Waals surface area contributed by atoms with E-state index in [9.17, 15) is 4.79 Å². The standard InChI is InChI=1S/C14H10N6O/c21-14(11-8-17-20-5-1-4-15-13(11)20)18-10-3-2-9-7-16-19-12(9)6-10/h1-8H,(H,16,19)(H,18,21). The minimum atomic E-state index is -0.248. The molecule has 0 unspecified atom stereocenters. The number of nitrogens with zero attached hydrogens (tertiary/aromatic N) is 4. The first-order valence-electron chi connectivity index (χ1n) is 6.34. The van der Waals surface area contributed by atoms with Gasteiger partial charge < -0.3 is 5.32 Å². The number of H-pyrrole nitrogens is 1. The van der Waals surface area contributed by atoms with Crippen molar-refractivity contribution in [3.63, 3.8) is 0 Å². The summed E-state index contributed by atoms with van der Waals surface area (Å²) in [4.78, 5) is 16.5. The van der Waals surface area contributed by atoms with Crippen molar-refractivity contribution in [2.24, 2.45) is 0 Å². The molecule has 4 aromatic rings. The fraction of sp³-hybridized carbons (Fsp3) is 0. The van der Waals surface area contributed by atoms with E-state index in [-0.39, 0.29) is 5.91 Å². The number of rotatable bonds is 2. The second-order valence-electron chi connectivity index (χ2n) is 4.57. The molecule has 1 aromatic carbocycles. The minimum absolute atomic E-state index is 0.248. The fourth-order valence-corrected chi connectivity index (χ4v) is 2.20. The summed E-state index contributed by atoms with van der Waals surface area (Å²) < 4.78 is 1.56. The number of aromatic amines is 1. The number of nitrogens with one attached hydrogen (secondary N) is 2. The molecule has 3 heterocycles. The van der Waals surface area contributed by atoms with Crippen LogP contribution in [0, 0.1) is 0 Å². The Morgan fingerprint density at radius 2 is 2.24 bits per heavy atom. The summed E-state index contributed by atoms with van der Waals surface area (Å²) in [6, 6.07) is 7.31.